The summed E-state index contributed by atoms with van der Waals surface area (Å²) in [5, 5.41) is 3.54. The maximum atomic E-state index is 5.87. The van der Waals surface area contributed by atoms with Crippen molar-refractivity contribution in [1.29, 1.82) is 0 Å². The summed E-state index contributed by atoms with van der Waals surface area (Å²) >= 11 is 0. The molecule has 1 aliphatic rings. The molecular formula is C17H27NO3. The van der Waals surface area contributed by atoms with Crippen LogP contribution in [0.15, 0.2) is 18.2 Å². The number of rotatable bonds is 8. The van der Waals surface area contributed by atoms with E-state index >= 15 is 0 Å². The van der Waals surface area contributed by atoms with E-state index in [2.05, 4.69) is 24.4 Å². The molecule has 1 saturated heterocycles. The third-order valence-electron chi connectivity index (χ3n) is 3.69. The van der Waals surface area contributed by atoms with Gasteiger partial charge in [0.2, 0.25) is 0 Å². The lowest BCUT2D eigenvalue weighted by molar-refractivity contribution is 0.0787. The summed E-state index contributed by atoms with van der Waals surface area (Å²) in [6.07, 6.45) is 2.49. The van der Waals surface area contributed by atoms with Gasteiger partial charge in [0, 0.05) is 6.61 Å². The third kappa shape index (κ3) is 4.11. The Hall–Kier alpha value is -1.26. The van der Waals surface area contributed by atoms with E-state index in [1.807, 2.05) is 19.9 Å². The van der Waals surface area contributed by atoms with Crippen LogP contribution in [0.5, 0.6) is 11.5 Å². The number of hydrogen-bond acceptors (Lipinski definition) is 4. The molecule has 2 rings (SSSR count). The van der Waals surface area contributed by atoms with Gasteiger partial charge < -0.3 is 19.5 Å². The fourth-order valence-electron chi connectivity index (χ4n) is 2.81. The fourth-order valence-corrected chi connectivity index (χ4v) is 2.81. The van der Waals surface area contributed by atoms with Crippen LogP contribution in [0.4, 0.5) is 0 Å². The van der Waals surface area contributed by atoms with Crippen molar-refractivity contribution in [2.75, 3.05) is 26.4 Å². The SMILES string of the molecule is CCNC(c1ccc(OCC)c(OCC)c1)C1CCCO1. The van der Waals surface area contributed by atoms with Crippen molar-refractivity contribution in [3.8, 4) is 11.5 Å². The van der Waals surface area contributed by atoms with Crippen molar-refractivity contribution in [2.24, 2.45) is 0 Å². The molecule has 0 aliphatic carbocycles. The molecular weight excluding hydrogens is 266 g/mol. The second kappa shape index (κ2) is 8.25. The molecule has 4 nitrogen and oxygen atoms in total. The zero-order valence-corrected chi connectivity index (χ0v) is 13.4. The zero-order valence-electron chi connectivity index (χ0n) is 13.4. The molecule has 4 heteroatoms. The molecule has 2 unspecified atom stereocenters. The first kappa shape index (κ1) is 16.1. The van der Waals surface area contributed by atoms with Gasteiger partial charge in [-0.3, -0.25) is 0 Å². The van der Waals surface area contributed by atoms with Gasteiger partial charge in [0.1, 0.15) is 0 Å². The van der Waals surface area contributed by atoms with Crippen LogP contribution in [0.3, 0.4) is 0 Å². The van der Waals surface area contributed by atoms with Gasteiger partial charge in [-0.15, -0.1) is 0 Å². The summed E-state index contributed by atoms with van der Waals surface area (Å²) in [4.78, 5) is 0. The Morgan fingerprint density at radius 1 is 1.19 bits per heavy atom. The largest absolute Gasteiger partial charge is 0.490 e. The van der Waals surface area contributed by atoms with Crippen molar-refractivity contribution < 1.29 is 14.2 Å². The maximum absolute atomic E-state index is 5.87. The molecule has 1 fully saturated rings. The van der Waals surface area contributed by atoms with E-state index in [1.165, 1.54) is 5.56 Å². The molecule has 1 aromatic rings. The van der Waals surface area contributed by atoms with E-state index < -0.39 is 0 Å². The van der Waals surface area contributed by atoms with Crippen LogP contribution in [0.1, 0.15) is 45.2 Å². The number of ether oxygens (including phenoxy) is 3. The second-order valence-corrected chi connectivity index (χ2v) is 5.16. The lowest BCUT2D eigenvalue weighted by Crippen LogP contribution is -2.31. The molecule has 2 atom stereocenters. The van der Waals surface area contributed by atoms with E-state index in [4.69, 9.17) is 14.2 Å². The molecule has 0 saturated carbocycles. The molecule has 1 heterocycles. The van der Waals surface area contributed by atoms with Crippen molar-refractivity contribution in [1.82, 2.24) is 5.32 Å². The van der Waals surface area contributed by atoms with E-state index in [9.17, 15) is 0 Å². The fraction of sp³-hybridized carbons (Fsp3) is 0.647. The average Bonchev–Trinajstić information content (AvgIpc) is 3.01. The molecule has 1 N–H and O–H groups in total. The van der Waals surface area contributed by atoms with Crippen LogP contribution >= 0.6 is 0 Å². The summed E-state index contributed by atoms with van der Waals surface area (Å²) in [5.74, 6) is 1.63. The Kier molecular flexibility index (Phi) is 6.33. The molecule has 0 spiro atoms. The minimum absolute atomic E-state index is 0.215. The molecule has 1 aliphatic heterocycles. The van der Waals surface area contributed by atoms with Gasteiger partial charge >= 0.3 is 0 Å². The standard InChI is InChI=1S/C17H27NO3/c1-4-18-17(15-8-7-11-21-15)13-9-10-14(19-5-2)16(12-13)20-6-3/h9-10,12,15,17-18H,4-8,11H2,1-3H3. The summed E-state index contributed by atoms with van der Waals surface area (Å²) in [6.45, 7) is 9.16. The van der Waals surface area contributed by atoms with E-state index in [0.717, 1.165) is 37.5 Å². The summed E-state index contributed by atoms with van der Waals surface area (Å²) < 4.78 is 17.2. The van der Waals surface area contributed by atoms with Crippen molar-refractivity contribution in [3.05, 3.63) is 23.8 Å². The summed E-state index contributed by atoms with van der Waals surface area (Å²) in [7, 11) is 0. The van der Waals surface area contributed by atoms with Crippen LogP contribution < -0.4 is 14.8 Å². The second-order valence-electron chi connectivity index (χ2n) is 5.16. The maximum Gasteiger partial charge on any atom is 0.161 e. The van der Waals surface area contributed by atoms with Crippen molar-refractivity contribution >= 4 is 0 Å². The Bertz CT molecular complexity index is 430. The quantitative estimate of drug-likeness (QED) is 0.798. The van der Waals surface area contributed by atoms with Crippen LogP contribution in [-0.2, 0) is 4.74 Å². The predicted molar refractivity (Wildman–Crippen MR) is 84.2 cm³/mol. The Morgan fingerprint density at radius 3 is 2.57 bits per heavy atom. The van der Waals surface area contributed by atoms with Gasteiger partial charge in [0.15, 0.2) is 11.5 Å². The lowest BCUT2D eigenvalue weighted by atomic mass is 9.98. The highest BCUT2D eigenvalue weighted by Crippen LogP contribution is 2.34. The average molecular weight is 293 g/mol. The Morgan fingerprint density at radius 2 is 1.95 bits per heavy atom. The third-order valence-corrected chi connectivity index (χ3v) is 3.69. The van der Waals surface area contributed by atoms with Crippen LogP contribution in [0.25, 0.3) is 0 Å². The molecule has 0 aromatic heterocycles. The monoisotopic (exact) mass is 293 g/mol. The number of hydrogen-bond donors (Lipinski definition) is 1. The first-order valence-electron chi connectivity index (χ1n) is 8.04. The molecule has 118 valence electrons. The van der Waals surface area contributed by atoms with Crippen molar-refractivity contribution in [2.45, 2.75) is 45.8 Å². The zero-order chi connectivity index (χ0) is 15.1. The topological polar surface area (TPSA) is 39.7 Å². The number of benzene rings is 1. The predicted octanol–water partition coefficient (Wildman–Crippen LogP) is 3.31. The molecule has 1 aromatic carbocycles. The highest BCUT2D eigenvalue weighted by atomic mass is 16.5. The first-order chi connectivity index (χ1) is 10.3. The van der Waals surface area contributed by atoms with Gasteiger partial charge in [-0.05, 0) is 50.9 Å². The van der Waals surface area contributed by atoms with Gasteiger partial charge in [-0.2, -0.15) is 0 Å². The molecule has 0 bridgehead atoms. The molecule has 21 heavy (non-hydrogen) atoms. The normalized spacial score (nSPS) is 19.5. The highest BCUT2D eigenvalue weighted by molar-refractivity contribution is 5.44. The van der Waals surface area contributed by atoms with Crippen molar-refractivity contribution in [3.63, 3.8) is 0 Å². The van der Waals surface area contributed by atoms with Crippen LogP contribution in [-0.4, -0.2) is 32.5 Å². The Balaban J connectivity index is 2.24. The first-order valence-corrected chi connectivity index (χ1v) is 8.04. The van der Waals surface area contributed by atoms with Gasteiger partial charge in [0.25, 0.3) is 0 Å². The highest BCUT2D eigenvalue weighted by Gasteiger charge is 2.27. The smallest absolute Gasteiger partial charge is 0.161 e. The van der Waals surface area contributed by atoms with Crippen LogP contribution in [0.2, 0.25) is 0 Å². The summed E-state index contributed by atoms with van der Waals surface area (Å²) in [5.41, 5.74) is 1.20. The summed E-state index contributed by atoms with van der Waals surface area (Å²) in [6, 6.07) is 6.42. The minimum atomic E-state index is 0.215. The van der Waals surface area contributed by atoms with E-state index in [-0.39, 0.29) is 12.1 Å². The van der Waals surface area contributed by atoms with Crippen LogP contribution in [0, 0.1) is 0 Å². The van der Waals surface area contributed by atoms with E-state index in [1.54, 1.807) is 0 Å². The molecule has 0 amide bonds. The Labute approximate surface area is 127 Å². The van der Waals surface area contributed by atoms with Gasteiger partial charge in [0.05, 0.1) is 25.4 Å². The van der Waals surface area contributed by atoms with Gasteiger partial charge in [-0.25, -0.2) is 0 Å². The number of nitrogens with one attached hydrogen (secondary N) is 1. The minimum Gasteiger partial charge on any atom is -0.490 e. The lowest BCUT2D eigenvalue weighted by Gasteiger charge is -2.25. The molecule has 0 radical (unpaired) electrons. The van der Waals surface area contributed by atoms with Gasteiger partial charge in [-0.1, -0.05) is 13.0 Å². The van der Waals surface area contributed by atoms with E-state index in [0.29, 0.717) is 13.2 Å². The number of likely N-dealkylation sites (N-methyl/N-ethyl adjacent to an activating group) is 1.